The Bertz CT molecular complexity index is 1300. The van der Waals surface area contributed by atoms with Crippen LogP contribution in [0.5, 0.6) is 5.75 Å². The van der Waals surface area contributed by atoms with E-state index in [-0.39, 0.29) is 17.3 Å². The first-order valence-electron chi connectivity index (χ1n) is 11.2. The molecule has 0 atom stereocenters. The van der Waals surface area contributed by atoms with E-state index in [1.165, 1.54) is 10.2 Å². The van der Waals surface area contributed by atoms with Crippen LogP contribution >= 0.6 is 0 Å². The molecule has 0 aliphatic rings. The molecule has 0 spiro atoms. The first-order chi connectivity index (χ1) is 17.1. The summed E-state index contributed by atoms with van der Waals surface area (Å²) in [5, 5.41) is 19.8. The second-order valence-electron chi connectivity index (χ2n) is 7.82. The van der Waals surface area contributed by atoms with Crippen molar-refractivity contribution in [2.24, 2.45) is 5.10 Å². The van der Waals surface area contributed by atoms with Gasteiger partial charge in [0.15, 0.2) is 5.69 Å². The van der Waals surface area contributed by atoms with Gasteiger partial charge in [0.25, 0.3) is 5.91 Å². The SMILES string of the molecule is CCCOc1ccc(-c2c(C(=O)NN=C(C)CCc3ccccc3)nnn2-c2nonc2N)cc1. The molecule has 0 radical (unpaired) electrons. The molecule has 4 rings (SSSR count). The van der Waals surface area contributed by atoms with Gasteiger partial charge in [0, 0.05) is 11.3 Å². The fraction of sp³-hybridized carbons (Fsp3) is 0.250. The van der Waals surface area contributed by atoms with Crippen molar-refractivity contribution in [2.45, 2.75) is 33.1 Å². The summed E-state index contributed by atoms with van der Waals surface area (Å²) in [7, 11) is 0. The molecule has 0 bridgehead atoms. The Balaban J connectivity index is 1.57. The summed E-state index contributed by atoms with van der Waals surface area (Å²) in [6, 6.07) is 17.3. The van der Waals surface area contributed by atoms with Crippen molar-refractivity contribution in [3.63, 3.8) is 0 Å². The van der Waals surface area contributed by atoms with Crippen molar-refractivity contribution in [3.05, 3.63) is 65.9 Å². The summed E-state index contributed by atoms with van der Waals surface area (Å²) in [4.78, 5) is 13.0. The number of benzene rings is 2. The maximum Gasteiger partial charge on any atom is 0.294 e. The van der Waals surface area contributed by atoms with Crippen LogP contribution in [0.15, 0.2) is 64.3 Å². The van der Waals surface area contributed by atoms with E-state index in [0.29, 0.717) is 30.0 Å². The molecule has 0 unspecified atom stereocenters. The summed E-state index contributed by atoms with van der Waals surface area (Å²) in [6.45, 7) is 4.50. The van der Waals surface area contributed by atoms with Gasteiger partial charge < -0.3 is 10.5 Å². The van der Waals surface area contributed by atoms with E-state index in [1.807, 2.05) is 32.0 Å². The zero-order chi connectivity index (χ0) is 24.6. The highest BCUT2D eigenvalue weighted by Crippen LogP contribution is 2.28. The quantitative estimate of drug-likeness (QED) is 0.262. The highest BCUT2D eigenvalue weighted by molar-refractivity contribution is 5.99. The molecule has 2 aromatic carbocycles. The molecule has 11 nitrogen and oxygen atoms in total. The Labute approximate surface area is 201 Å². The van der Waals surface area contributed by atoms with Gasteiger partial charge >= 0.3 is 0 Å². The molecule has 0 aliphatic heterocycles. The third kappa shape index (κ3) is 5.69. The van der Waals surface area contributed by atoms with Gasteiger partial charge in [-0.1, -0.05) is 42.5 Å². The van der Waals surface area contributed by atoms with Crippen LogP contribution < -0.4 is 15.9 Å². The van der Waals surface area contributed by atoms with Crippen LogP contribution in [0.3, 0.4) is 0 Å². The highest BCUT2D eigenvalue weighted by atomic mass is 16.6. The fourth-order valence-corrected chi connectivity index (χ4v) is 3.33. The average molecular weight is 475 g/mol. The molecular formula is C24H26N8O3. The highest BCUT2D eigenvalue weighted by Gasteiger charge is 2.25. The molecule has 35 heavy (non-hydrogen) atoms. The Hall–Kier alpha value is -4.54. The van der Waals surface area contributed by atoms with E-state index in [9.17, 15) is 4.79 Å². The van der Waals surface area contributed by atoms with Gasteiger partial charge in [0.05, 0.1) is 6.61 Å². The molecule has 3 N–H and O–H groups in total. The Kier molecular flexibility index (Phi) is 7.46. The maximum atomic E-state index is 13.0. The third-order valence-electron chi connectivity index (χ3n) is 5.15. The smallest absolute Gasteiger partial charge is 0.294 e. The number of nitrogens with one attached hydrogen (secondary N) is 1. The van der Waals surface area contributed by atoms with Crippen molar-refractivity contribution in [2.75, 3.05) is 12.3 Å². The van der Waals surface area contributed by atoms with Crippen LogP contribution in [0.4, 0.5) is 5.82 Å². The van der Waals surface area contributed by atoms with Crippen LogP contribution in [0, 0.1) is 0 Å². The minimum Gasteiger partial charge on any atom is -0.494 e. The number of hydrogen-bond acceptors (Lipinski definition) is 9. The van der Waals surface area contributed by atoms with Crippen molar-refractivity contribution in [1.29, 1.82) is 0 Å². The van der Waals surface area contributed by atoms with Crippen molar-refractivity contribution >= 4 is 17.4 Å². The number of carbonyl (C=O) groups excluding carboxylic acids is 1. The van der Waals surface area contributed by atoms with Gasteiger partial charge in [-0.05, 0) is 66.3 Å². The summed E-state index contributed by atoms with van der Waals surface area (Å²) in [5.41, 5.74) is 11.5. The molecule has 4 aromatic rings. The molecule has 11 heteroatoms. The van der Waals surface area contributed by atoms with Gasteiger partial charge in [0.2, 0.25) is 11.6 Å². The molecule has 1 amide bonds. The maximum absolute atomic E-state index is 13.0. The van der Waals surface area contributed by atoms with E-state index in [1.54, 1.807) is 24.3 Å². The van der Waals surface area contributed by atoms with Crippen molar-refractivity contribution < 1.29 is 14.2 Å². The van der Waals surface area contributed by atoms with E-state index >= 15 is 0 Å². The number of ether oxygens (including phenoxy) is 1. The average Bonchev–Trinajstić information content (AvgIpc) is 3.51. The number of rotatable bonds is 10. The number of amides is 1. The monoisotopic (exact) mass is 474 g/mol. The van der Waals surface area contributed by atoms with Crippen molar-refractivity contribution in [3.8, 4) is 22.8 Å². The molecule has 180 valence electrons. The fourth-order valence-electron chi connectivity index (χ4n) is 3.33. The molecule has 0 fully saturated rings. The van der Waals surface area contributed by atoms with Gasteiger partial charge in [-0.3, -0.25) is 4.79 Å². The molecular weight excluding hydrogens is 448 g/mol. The zero-order valence-corrected chi connectivity index (χ0v) is 19.5. The Morgan fingerprint density at radius 1 is 1.14 bits per heavy atom. The standard InChI is InChI=1S/C24H26N8O3/c1-3-15-34-19-13-11-18(12-14-19)21-20(27-31-32(21)23-22(25)29-35-30-23)24(33)28-26-16(2)9-10-17-7-5-4-6-8-17/h4-8,11-14H,3,9-10,15H2,1-2H3,(H2,25,29)(H,28,33). The number of nitrogen functional groups attached to an aromatic ring is 1. The lowest BCUT2D eigenvalue weighted by molar-refractivity contribution is 0.0950. The normalized spacial score (nSPS) is 11.4. The van der Waals surface area contributed by atoms with Gasteiger partial charge in [0.1, 0.15) is 11.4 Å². The van der Waals surface area contributed by atoms with Crippen LogP contribution in [0.2, 0.25) is 0 Å². The second kappa shape index (κ2) is 11.1. The van der Waals surface area contributed by atoms with E-state index in [4.69, 9.17) is 15.1 Å². The van der Waals surface area contributed by atoms with E-state index < -0.39 is 5.91 Å². The van der Waals surface area contributed by atoms with Crippen molar-refractivity contribution in [1.82, 2.24) is 30.7 Å². The molecule has 2 aromatic heterocycles. The molecule has 0 saturated heterocycles. The number of aryl methyl sites for hydroxylation is 1. The summed E-state index contributed by atoms with van der Waals surface area (Å²) in [6.07, 6.45) is 2.41. The third-order valence-corrected chi connectivity index (χ3v) is 5.15. The minimum absolute atomic E-state index is 0.0146. The lowest BCUT2D eigenvalue weighted by Gasteiger charge is -2.08. The predicted octanol–water partition coefficient (Wildman–Crippen LogP) is 3.43. The minimum atomic E-state index is -0.522. The van der Waals surface area contributed by atoms with E-state index in [2.05, 4.69) is 43.3 Å². The van der Waals surface area contributed by atoms with Gasteiger partial charge in [-0.2, -0.15) is 9.78 Å². The number of nitrogens with zero attached hydrogens (tertiary/aromatic N) is 6. The predicted molar refractivity (Wildman–Crippen MR) is 130 cm³/mol. The Morgan fingerprint density at radius 3 is 2.60 bits per heavy atom. The first kappa shape index (κ1) is 23.6. The van der Waals surface area contributed by atoms with Crippen LogP contribution in [0.1, 0.15) is 42.7 Å². The second-order valence-corrected chi connectivity index (χ2v) is 7.82. The number of hydrogen-bond donors (Lipinski definition) is 2. The van der Waals surface area contributed by atoms with Crippen LogP contribution in [-0.4, -0.2) is 43.5 Å². The van der Waals surface area contributed by atoms with Gasteiger partial charge in [-0.25, -0.2) is 10.1 Å². The van der Waals surface area contributed by atoms with Crippen LogP contribution in [0.25, 0.3) is 17.1 Å². The summed E-state index contributed by atoms with van der Waals surface area (Å²) in [5.74, 6) is 0.328. The number of aromatic nitrogens is 5. The number of anilines is 1. The number of nitrogens with two attached hydrogens (primary N) is 1. The van der Waals surface area contributed by atoms with E-state index in [0.717, 1.165) is 18.6 Å². The van der Waals surface area contributed by atoms with Crippen LogP contribution in [-0.2, 0) is 6.42 Å². The molecule has 0 saturated carbocycles. The summed E-state index contributed by atoms with van der Waals surface area (Å²) >= 11 is 0. The zero-order valence-electron chi connectivity index (χ0n) is 19.5. The van der Waals surface area contributed by atoms with Gasteiger partial charge in [-0.15, -0.1) is 5.10 Å². The summed E-state index contributed by atoms with van der Waals surface area (Å²) < 4.78 is 11.7. The number of carbonyl (C=O) groups is 1. The number of hydrazone groups is 1. The molecule has 0 aliphatic carbocycles. The first-order valence-corrected chi connectivity index (χ1v) is 11.2. The Morgan fingerprint density at radius 2 is 1.91 bits per heavy atom. The topological polar surface area (TPSA) is 146 Å². The molecule has 2 heterocycles. The lowest BCUT2D eigenvalue weighted by Crippen LogP contribution is -2.20. The largest absolute Gasteiger partial charge is 0.494 e. The lowest BCUT2D eigenvalue weighted by atomic mass is 10.1.